The van der Waals surface area contributed by atoms with Gasteiger partial charge in [0.15, 0.2) is 0 Å². The minimum Gasteiger partial charge on any atom is -0.299 e. The number of aromatic nitrogens is 2. The molecule has 1 aliphatic rings. The third kappa shape index (κ3) is 2.68. The second-order valence-corrected chi connectivity index (χ2v) is 4.64. The summed E-state index contributed by atoms with van der Waals surface area (Å²) in [5, 5.41) is 0. The molecule has 1 aromatic heterocycles. The van der Waals surface area contributed by atoms with Crippen molar-refractivity contribution in [3.63, 3.8) is 0 Å². The van der Waals surface area contributed by atoms with E-state index in [0.717, 1.165) is 31.6 Å². The molecule has 0 bridgehead atoms. The molecule has 0 amide bonds. The Labute approximate surface area is 95.5 Å². The minimum atomic E-state index is 0.170. The van der Waals surface area contributed by atoms with Crippen molar-refractivity contribution in [3.8, 4) is 0 Å². The summed E-state index contributed by atoms with van der Waals surface area (Å²) < 4.78 is 3.70. The van der Waals surface area contributed by atoms with Crippen LogP contribution in [-0.4, -0.2) is 14.9 Å². The Kier molecular flexibility index (Phi) is 3.57. The van der Waals surface area contributed by atoms with Crippen LogP contribution in [0.25, 0.3) is 0 Å². The third-order valence-electron chi connectivity index (χ3n) is 2.87. The largest absolute Gasteiger partial charge is 0.328 e. The van der Waals surface area contributed by atoms with Gasteiger partial charge in [0.1, 0.15) is 0 Å². The average Bonchev–Trinajstić information content (AvgIpc) is 3.00. The Morgan fingerprint density at radius 1 is 1.27 bits per heavy atom. The summed E-state index contributed by atoms with van der Waals surface area (Å²) >= 11 is 4.17. The van der Waals surface area contributed by atoms with Crippen molar-refractivity contribution in [2.75, 3.05) is 5.75 Å². The summed E-state index contributed by atoms with van der Waals surface area (Å²) in [6, 6.07) is 0.496. The van der Waals surface area contributed by atoms with Crippen molar-refractivity contribution in [1.82, 2.24) is 9.13 Å². The Morgan fingerprint density at radius 3 is 2.73 bits per heavy atom. The van der Waals surface area contributed by atoms with E-state index in [2.05, 4.69) is 12.6 Å². The van der Waals surface area contributed by atoms with E-state index in [1.165, 1.54) is 12.8 Å². The van der Waals surface area contributed by atoms with E-state index in [1.54, 1.807) is 0 Å². The number of hydrogen-bond acceptors (Lipinski definition) is 2. The van der Waals surface area contributed by atoms with Gasteiger partial charge in [0.2, 0.25) is 0 Å². The van der Waals surface area contributed by atoms with Crippen molar-refractivity contribution in [2.45, 2.75) is 44.7 Å². The van der Waals surface area contributed by atoms with Gasteiger partial charge in [-0.05, 0) is 31.4 Å². The van der Waals surface area contributed by atoms with Crippen LogP contribution in [0.4, 0.5) is 0 Å². The zero-order chi connectivity index (χ0) is 10.7. The van der Waals surface area contributed by atoms with Crippen molar-refractivity contribution < 1.29 is 0 Å². The minimum absolute atomic E-state index is 0.170. The summed E-state index contributed by atoms with van der Waals surface area (Å²) in [5.74, 6) is 0.942. The molecule has 1 aliphatic carbocycles. The lowest BCUT2D eigenvalue weighted by molar-refractivity contribution is 0.570. The van der Waals surface area contributed by atoms with Crippen LogP contribution in [0.15, 0.2) is 17.2 Å². The maximum Gasteiger partial charge on any atom is 0.328 e. The second-order valence-electron chi connectivity index (χ2n) is 4.20. The van der Waals surface area contributed by atoms with Crippen LogP contribution < -0.4 is 5.69 Å². The molecule has 15 heavy (non-hydrogen) atoms. The first-order chi connectivity index (χ1) is 7.33. The topological polar surface area (TPSA) is 26.9 Å². The summed E-state index contributed by atoms with van der Waals surface area (Å²) in [5.41, 5.74) is 0.170. The lowest BCUT2D eigenvalue weighted by atomic mass is 10.2. The highest BCUT2D eigenvalue weighted by Gasteiger charge is 2.25. The van der Waals surface area contributed by atoms with Gasteiger partial charge in [0, 0.05) is 25.0 Å². The molecule has 0 aromatic carbocycles. The Bertz CT molecular complexity index is 365. The van der Waals surface area contributed by atoms with Gasteiger partial charge in [-0.25, -0.2) is 4.79 Å². The molecule has 1 saturated carbocycles. The lowest BCUT2D eigenvalue weighted by Gasteiger charge is -2.00. The smallest absolute Gasteiger partial charge is 0.299 e. The third-order valence-corrected chi connectivity index (χ3v) is 3.19. The van der Waals surface area contributed by atoms with Gasteiger partial charge >= 0.3 is 5.69 Å². The highest BCUT2D eigenvalue weighted by Crippen LogP contribution is 2.33. The summed E-state index contributed by atoms with van der Waals surface area (Å²) in [6.45, 7) is 0.854. The van der Waals surface area contributed by atoms with E-state index < -0.39 is 0 Å². The monoisotopic (exact) mass is 226 g/mol. The molecule has 0 radical (unpaired) electrons. The van der Waals surface area contributed by atoms with Crippen LogP contribution in [0.1, 0.15) is 38.1 Å². The standard InChI is InChI=1S/C11H18N2OS/c14-11-12(6-2-1-3-9-15)7-8-13(11)10-4-5-10/h7-8,10,15H,1-6,9H2. The first-order valence-electron chi connectivity index (χ1n) is 5.71. The molecule has 0 N–H and O–H groups in total. The fourth-order valence-corrected chi connectivity index (χ4v) is 2.02. The molecular weight excluding hydrogens is 208 g/mol. The molecule has 1 heterocycles. The van der Waals surface area contributed by atoms with E-state index in [9.17, 15) is 4.79 Å². The molecule has 2 rings (SSSR count). The molecule has 0 saturated heterocycles. The zero-order valence-electron chi connectivity index (χ0n) is 8.93. The van der Waals surface area contributed by atoms with E-state index in [-0.39, 0.29) is 5.69 Å². The van der Waals surface area contributed by atoms with E-state index in [4.69, 9.17) is 0 Å². The highest BCUT2D eigenvalue weighted by molar-refractivity contribution is 7.80. The molecule has 1 fully saturated rings. The number of rotatable bonds is 6. The van der Waals surface area contributed by atoms with E-state index in [1.807, 2.05) is 21.5 Å². The van der Waals surface area contributed by atoms with E-state index in [0.29, 0.717) is 6.04 Å². The van der Waals surface area contributed by atoms with Crippen LogP contribution in [0.2, 0.25) is 0 Å². The van der Waals surface area contributed by atoms with Gasteiger partial charge in [0.25, 0.3) is 0 Å². The molecule has 0 unspecified atom stereocenters. The normalized spacial score (nSPS) is 15.8. The zero-order valence-corrected chi connectivity index (χ0v) is 9.83. The van der Waals surface area contributed by atoms with Gasteiger partial charge in [-0.3, -0.25) is 9.13 Å². The molecule has 0 atom stereocenters. The molecule has 84 valence electrons. The summed E-state index contributed by atoms with van der Waals surface area (Å²) in [7, 11) is 0. The number of hydrogen-bond donors (Lipinski definition) is 1. The maximum absolute atomic E-state index is 11.8. The van der Waals surface area contributed by atoms with E-state index >= 15 is 0 Å². The number of aryl methyl sites for hydroxylation is 1. The van der Waals surface area contributed by atoms with Gasteiger partial charge in [-0.15, -0.1) is 0 Å². The average molecular weight is 226 g/mol. The Balaban J connectivity index is 1.88. The molecule has 1 aromatic rings. The SMILES string of the molecule is O=c1n(CCCCCS)ccn1C1CC1. The predicted molar refractivity (Wildman–Crippen MR) is 64.7 cm³/mol. The van der Waals surface area contributed by atoms with Crippen LogP contribution in [0.5, 0.6) is 0 Å². The summed E-state index contributed by atoms with van der Waals surface area (Å²) in [4.78, 5) is 11.8. The van der Waals surface area contributed by atoms with Crippen molar-refractivity contribution in [2.24, 2.45) is 0 Å². The van der Waals surface area contributed by atoms with Gasteiger partial charge in [0.05, 0.1) is 0 Å². The summed E-state index contributed by atoms with van der Waals surface area (Å²) in [6.07, 6.45) is 9.56. The fraction of sp³-hybridized carbons (Fsp3) is 0.727. The first-order valence-corrected chi connectivity index (χ1v) is 6.34. The molecule has 0 aliphatic heterocycles. The van der Waals surface area contributed by atoms with Crippen molar-refractivity contribution in [1.29, 1.82) is 0 Å². The predicted octanol–water partition coefficient (Wildman–Crippen LogP) is 2.08. The van der Waals surface area contributed by atoms with Gasteiger partial charge in [-0.1, -0.05) is 6.42 Å². The molecule has 3 nitrogen and oxygen atoms in total. The van der Waals surface area contributed by atoms with Gasteiger partial charge < -0.3 is 0 Å². The number of imidazole rings is 1. The number of thiol groups is 1. The van der Waals surface area contributed by atoms with Crippen molar-refractivity contribution >= 4 is 12.6 Å². The van der Waals surface area contributed by atoms with Crippen LogP contribution in [0, 0.1) is 0 Å². The van der Waals surface area contributed by atoms with Gasteiger partial charge in [-0.2, -0.15) is 12.6 Å². The molecule has 0 spiro atoms. The highest BCUT2D eigenvalue weighted by atomic mass is 32.1. The number of unbranched alkanes of at least 4 members (excludes halogenated alkanes) is 2. The number of nitrogens with zero attached hydrogens (tertiary/aromatic N) is 2. The molecular formula is C11H18N2OS. The quantitative estimate of drug-likeness (QED) is 0.583. The Hall–Kier alpha value is -0.640. The molecule has 4 heteroatoms. The first kappa shape index (κ1) is 10.9. The van der Waals surface area contributed by atoms with Crippen LogP contribution >= 0.6 is 12.6 Å². The van der Waals surface area contributed by atoms with Crippen molar-refractivity contribution in [3.05, 3.63) is 22.9 Å². The maximum atomic E-state index is 11.8. The van der Waals surface area contributed by atoms with Crippen LogP contribution in [-0.2, 0) is 6.54 Å². The lowest BCUT2D eigenvalue weighted by Crippen LogP contribution is -2.23. The Morgan fingerprint density at radius 2 is 2.07 bits per heavy atom. The fourth-order valence-electron chi connectivity index (χ4n) is 1.80. The van der Waals surface area contributed by atoms with Crippen LogP contribution in [0.3, 0.4) is 0 Å². The second kappa shape index (κ2) is 4.92.